The molecule has 5 fully saturated rings. The Morgan fingerprint density at radius 1 is 0.964 bits per heavy atom. The van der Waals surface area contributed by atoms with Crippen molar-refractivity contribution in [2.45, 2.75) is 84.2 Å². The summed E-state index contributed by atoms with van der Waals surface area (Å²) in [5, 5.41) is 0. The van der Waals surface area contributed by atoms with Gasteiger partial charge in [0.05, 0.1) is 0 Å². The first-order valence-electron chi connectivity index (χ1n) is 11.7. The van der Waals surface area contributed by atoms with Crippen LogP contribution in [0.25, 0.3) is 0 Å². The third-order valence-corrected chi connectivity index (χ3v) is 10.2. The summed E-state index contributed by atoms with van der Waals surface area (Å²) in [5.41, 5.74) is 1.69. The average Bonchev–Trinajstić information content (AvgIpc) is 3.54. The molecule has 6 rings (SSSR count). The van der Waals surface area contributed by atoms with Gasteiger partial charge in [-0.25, -0.2) is 0 Å². The van der Waals surface area contributed by atoms with Crippen LogP contribution in [0.4, 0.5) is 0 Å². The summed E-state index contributed by atoms with van der Waals surface area (Å²) < 4.78 is 6.18. The van der Waals surface area contributed by atoms with Crippen molar-refractivity contribution in [2.75, 3.05) is 0 Å². The van der Waals surface area contributed by atoms with Crippen LogP contribution in [0.2, 0.25) is 0 Å². The first-order chi connectivity index (χ1) is 13.3. The van der Waals surface area contributed by atoms with E-state index in [2.05, 4.69) is 20.8 Å². The molecule has 5 aliphatic carbocycles. The van der Waals surface area contributed by atoms with Gasteiger partial charge in [-0.1, -0.05) is 32.8 Å². The average molecular weight is 383 g/mol. The Morgan fingerprint density at radius 3 is 2.54 bits per heavy atom. The van der Waals surface area contributed by atoms with E-state index in [4.69, 9.17) is 4.74 Å². The van der Waals surface area contributed by atoms with Crippen molar-refractivity contribution in [3.8, 4) is 0 Å². The predicted molar refractivity (Wildman–Crippen MR) is 106 cm³/mol. The Kier molecular flexibility index (Phi) is 3.37. The molecular formula is C25H34O3. The maximum absolute atomic E-state index is 12.1. The van der Waals surface area contributed by atoms with E-state index >= 15 is 0 Å². The molecule has 8 atom stereocenters. The molecule has 4 saturated carbocycles. The molecule has 1 aliphatic heterocycles. The monoisotopic (exact) mass is 382 g/mol. The number of hydrogen-bond donors (Lipinski definition) is 0. The number of carbonyl (C=O) groups excluding carboxylic acids is 2. The molecule has 8 unspecified atom stereocenters. The molecule has 3 nitrogen and oxygen atoms in total. The first kappa shape index (κ1) is 17.7. The lowest BCUT2D eigenvalue weighted by Crippen LogP contribution is -2.52. The van der Waals surface area contributed by atoms with E-state index in [-0.39, 0.29) is 22.4 Å². The van der Waals surface area contributed by atoms with E-state index < -0.39 is 0 Å². The van der Waals surface area contributed by atoms with Gasteiger partial charge in [-0.15, -0.1) is 0 Å². The Balaban J connectivity index is 1.30. The fourth-order valence-corrected chi connectivity index (χ4v) is 8.79. The van der Waals surface area contributed by atoms with Gasteiger partial charge in [-0.2, -0.15) is 0 Å². The van der Waals surface area contributed by atoms with Crippen LogP contribution in [0, 0.1) is 46.3 Å². The fraction of sp³-hybridized carbons (Fsp3) is 0.840. The van der Waals surface area contributed by atoms with Crippen LogP contribution >= 0.6 is 0 Å². The second-order valence-corrected chi connectivity index (χ2v) is 11.8. The van der Waals surface area contributed by atoms with Gasteiger partial charge in [0.15, 0.2) is 5.78 Å². The highest BCUT2D eigenvalue weighted by atomic mass is 16.6. The van der Waals surface area contributed by atoms with Gasteiger partial charge in [0.2, 0.25) is 0 Å². The third kappa shape index (κ3) is 2.12. The van der Waals surface area contributed by atoms with E-state index in [9.17, 15) is 9.59 Å². The molecule has 0 amide bonds. The molecule has 1 spiro atoms. The first-order valence-corrected chi connectivity index (χ1v) is 11.7. The fourth-order valence-electron chi connectivity index (χ4n) is 8.79. The lowest BCUT2D eigenvalue weighted by Gasteiger charge is -2.51. The summed E-state index contributed by atoms with van der Waals surface area (Å²) in [4.78, 5) is 24.3. The van der Waals surface area contributed by atoms with Crippen molar-refractivity contribution >= 4 is 11.8 Å². The predicted octanol–water partition coefficient (Wildman–Crippen LogP) is 5.09. The van der Waals surface area contributed by atoms with Crippen LogP contribution in [0.5, 0.6) is 0 Å². The van der Waals surface area contributed by atoms with Crippen molar-refractivity contribution < 1.29 is 14.3 Å². The molecule has 0 N–H and O–H groups in total. The maximum atomic E-state index is 12.1. The van der Waals surface area contributed by atoms with E-state index in [0.717, 1.165) is 42.9 Å². The van der Waals surface area contributed by atoms with Crippen molar-refractivity contribution in [1.29, 1.82) is 0 Å². The second-order valence-electron chi connectivity index (χ2n) is 11.8. The Morgan fingerprint density at radius 2 is 1.79 bits per heavy atom. The maximum Gasteiger partial charge on any atom is 0.306 e. The van der Waals surface area contributed by atoms with Gasteiger partial charge in [0.1, 0.15) is 5.60 Å². The second kappa shape index (κ2) is 5.32. The minimum atomic E-state index is -0.137. The molecule has 28 heavy (non-hydrogen) atoms. The lowest BCUT2D eigenvalue weighted by molar-refractivity contribution is -0.170. The largest absolute Gasteiger partial charge is 0.458 e. The highest BCUT2D eigenvalue weighted by molar-refractivity contribution is 5.91. The molecule has 6 aliphatic rings. The number of fused-ring (bicyclic) bond motifs is 5. The topological polar surface area (TPSA) is 43.4 Å². The van der Waals surface area contributed by atoms with Crippen LogP contribution in [-0.4, -0.2) is 17.4 Å². The number of hydrogen-bond acceptors (Lipinski definition) is 3. The number of ether oxygens (including phenoxy) is 1. The number of ketones is 1. The Hall–Kier alpha value is -1.12. The van der Waals surface area contributed by atoms with Crippen LogP contribution < -0.4 is 0 Å². The Bertz CT molecular complexity index is 794. The van der Waals surface area contributed by atoms with E-state index in [1.54, 1.807) is 0 Å². The van der Waals surface area contributed by atoms with Gasteiger partial charge < -0.3 is 4.74 Å². The molecule has 1 saturated heterocycles. The van der Waals surface area contributed by atoms with E-state index in [1.807, 2.05) is 6.08 Å². The van der Waals surface area contributed by atoms with Crippen molar-refractivity contribution in [2.24, 2.45) is 46.3 Å². The smallest absolute Gasteiger partial charge is 0.306 e. The lowest BCUT2D eigenvalue weighted by atomic mass is 9.55. The summed E-state index contributed by atoms with van der Waals surface area (Å²) in [6.45, 7) is 7.15. The van der Waals surface area contributed by atoms with Crippen LogP contribution in [0.15, 0.2) is 11.6 Å². The van der Waals surface area contributed by atoms with Gasteiger partial charge in [0, 0.05) is 24.2 Å². The minimum Gasteiger partial charge on any atom is -0.458 e. The normalized spacial score (nSPS) is 53.5. The summed E-state index contributed by atoms with van der Waals surface area (Å²) >= 11 is 0. The molecule has 0 aromatic heterocycles. The zero-order chi connectivity index (χ0) is 19.5. The molecule has 0 bridgehead atoms. The number of esters is 1. The minimum absolute atomic E-state index is 0.0478. The number of rotatable bonds is 2. The quantitative estimate of drug-likeness (QED) is 0.625. The standard InChI is InChI=1S/C25H34O3/c1-23(2)9-6-14(26)11-19(23)17-12-16(17)15-5-4-8-24(3)22(15)18-13-20(18)25(24)10-7-21(27)28-25/h11,15-18,20,22H,4-10,12-13H2,1-3H3. The molecule has 0 radical (unpaired) electrons. The number of carbonyl (C=O) groups is 2. The molecule has 0 aromatic carbocycles. The van der Waals surface area contributed by atoms with E-state index in [1.165, 1.54) is 37.7 Å². The summed E-state index contributed by atoms with van der Waals surface area (Å²) in [6, 6.07) is 0. The molecule has 1 heterocycles. The molecule has 0 aromatic rings. The van der Waals surface area contributed by atoms with Gasteiger partial charge in [0.25, 0.3) is 0 Å². The van der Waals surface area contributed by atoms with Crippen LogP contribution in [0.3, 0.4) is 0 Å². The van der Waals surface area contributed by atoms with Gasteiger partial charge in [-0.05, 0) is 79.6 Å². The number of allylic oxidation sites excluding steroid dienone is 2. The summed E-state index contributed by atoms with van der Waals surface area (Å²) in [6.07, 6.45) is 11.8. The molecule has 152 valence electrons. The SMILES string of the molecule is CC1(C)CCC(=O)C=C1C1CC1C1CCCC2(C)C1C1CC1C21CCC(=O)O1. The Labute approximate surface area is 168 Å². The van der Waals surface area contributed by atoms with Crippen LogP contribution in [-0.2, 0) is 14.3 Å². The summed E-state index contributed by atoms with van der Waals surface area (Å²) in [5.74, 6) is 4.71. The zero-order valence-electron chi connectivity index (χ0n) is 17.6. The van der Waals surface area contributed by atoms with E-state index in [0.29, 0.717) is 24.0 Å². The highest BCUT2D eigenvalue weighted by Gasteiger charge is 2.78. The molecular weight excluding hydrogens is 348 g/mol. The van der Waals surface area contributed by atoms with Crippen molar-refractivity contribution in [1.82, 2.24) is 0 Å². The van der Waals surface area contributed by atoms with Crippen molar-refractivity contribution in [3.05, 3.63) is 11.6 Å². The zero-order valence-corrected chi connectivity index (χ0v) is 17.6. The van der Waals surface area contributed by atoms with Crippen molar-refractivity contribution in [3.63, 3.8) is 0 Å². The summed E-state index contributed by atoms with van der Waals surface area (Å²) in [7, 11) is 0. The molecule has 3 heteroatoms. The van der Waals surface area contributed by atoms with Gasteiger partial charge >= 0.3 is 5.97 Å². The van der Waals surface area contributed by atoms with Crippen LogP contribution in [0.1, 0.15) is 78.6 Å². The third-order valence-electron chi connectivity index (χ3n) is 10.2. The highest BCUT2D eigenvalue weighted by Crippen LogP contribution is 2.78. The van der Waals surface area contributed by atoms with Gasteiger partial charge in [-0.3, -0.25) is 9.59 Å².